The van der Waals surface area contributed by atoms with E-state index in [0.717, 1.165) is 6.54 Å². The molecule has 1 N–H and O–H groups in total. The van der Waals surface area contributed by atoms with E-state index >= 15 is 0 Å². The summed E-state index contributed by atoms with van der Waals surface area (Å²) in [5.41, 5.74) is 0. The van der Waals surface area contributed by atoms with Gasteiger partial charge in [0.15, 0.2) is 0 Å². The third kappa shape index (κ3) is 2.55. The van der Waals surface area contributed by atoms with Gasteiger partial charge in [-0.25, -0.2) is 8.42 Å². The lowest BCUT2D eigenvalue weighted by Crippen LogP contribution is -2.45. The first-order chi connectivity index (χ1) is 8.55. The van der Waals surface area contributed by atoms with Crippen LogP contribution >= 0.6 is 0 Å². The molecule has 2 heterocycles. The molecule has 102 valence electrons. The Bertz CT molecular complexity index is 498. The Labute approximate surface area is 107 Å². The summed E-state index contributed by atoms with van der Waals surface area (Å²) in [6.07, 6.45) is 1.64. The van der Waals surface area contributed by atoms with Gasteiger partial charge in [-0.05, 0) is 13.5 Å². The van der Waals surface area contributed by atoms with Crippen molar-refractivity contribution in [3.8, 4) is 0 Å². The van der Waals surface area contributed by atoms with Gasteiger partial charge in [-0.3, -0.25) is 0 Å². The molecule has 0 aromatic carbocycles. The lowest BCUT2D eigenvalue weighted by Gasteiger charge is -2.29. The SMILES string of the molecule is CCNCC(C)S(=O)(=O)N1CCn2cnnc2C1. The molecule has 1 aliphatic heterocycles. The van der Waals surface area contributed by atoms with Crippen molar-refractivity contribution in [2.45, 2.75) is 32.2 Å². The van der Waals surface area contributed by atoms with Gasteiger partial charge in [-0.15, -0.1) is 10.2 Å². The molecule has 0 amide bonds. The van der Waals surface area contributed by atoms with E-state index in [4.69, 9.17) is 0 Å². The van der Waals surface area contributed by atoms with E-state index in [2.05, 4.69) is 15.5 Å². The molecule has 0 saturated carbocycles. The summed E-state index contributed by atoms with van der Waals surface area (Å²) in [6.45, 7) is 6.37. The molecule has 1 aliphatic rings. The molecule has 1 unspecified atom stereocenters. The molecule has 1 aromatic heterocycles. The van der Waals surface area contributed by atoms with E-state index in [-0.39, 0.29) is 0 Å². The number of nitrogens with zero attached hydrogens (tertiary/aromatic N) is 4. The van der Waals surface area contributed by atoms with Gasteiger partial charge >= 0.3 is 0 Å². The molecule has 0 bridgehead atoms. The van der Waals surface area contributed by atoms with Gasteiger partial charge in [0.1, 0.15) is 12.2 Å². The van der Waals surface area contributed by atoms with Crippen LogP contribution in [0.5, 0.6) is 0 Å². The second kappa shape index (κ2) is 5.33. The fourth-order valence-corrected chi connectivity index (χ4v) is 3.44. The molecular formula is C10H19N5O2S. The van der Waals surface area contributed by atoms with E-state index < -0.39 is 15.3 Å². The Hall–Kier alpha value is -0.990. The maximum atomic E-state index is 12.4. The summed E-state index contributed by atoms with van der Waals surface area (Å²) in [6, 6.07) is 0. The predicted octanol–water partition coefficient (Wildman–Crippen LogP) is -0.578. The number of hydrogen-bond donors (Lipinski definition) is 1. The van der Waals surface area contributed by atoms with Crippen LogP contribution in [-0.4, -0.2) is 52.4 Å². The molecule has 2 rings (SSSR count). The average molecular weight is 273 g/mol. The van der Waals surface area contributed by atoms with Crippen molar-refractivity contribution >= 4 is 10.0 Å². The zero-order chi connectivity index (χ0) is 13.2. The third-order valence-electron chi connectivity index (χ3n) is 3.15. The van der Waals surface area contributed by atoms with Crippen LogP contribution in [0.15, 0.2) is 6.33 Å². The van der Waals surface area contributed by atoms with Crippen LogP contribution in [-0.2, 0) is 23.1 Å². The van der Waals surface area contributed by atoms with Crippen LogP contribution in [0.3, 0.4) is 0 Å². The highest BCUT2D eigenvalue weighted by atomic mass is 32.2. The molecule has 8 heteroatoms. The van der Waals surface area contributed by atoms with E-state index in [1.54, 1.807) is 13.3 Å². The molecule has 18 heavy (non-hydrogen) atoms. The van der Waals surface area contributed by atoms with Crippen LogP contribution in [0.1, 0.15) is 19.7 Å². The van der Waals surface area contributed by atoms with Gasteiger partial charge in [0.05, 0.1) is 11.8 Å². The topological polar surface area (TPSA) is 80.1 Å². The summed E-state index contributed by atoms with van der Waals surface area (Å²) in [5.74, 6) is 0.709. The largest absolute Gasteiger partial charge is 0.316 e. The molecule has 0 spiro atoms. The summed E-state index contributed by atoms with van der Waals surface area (Å²) < 4.78 is 28.1. The number of hydrogen-bond acceptors (Lipinski definition) is 5. The van der Waals surface area contributed by atoms with E-state index in [1.165, 1.54) is 4.31 Å². The minimum absolute atomic E-state index is 0.318. The van der Waals surface area contributed by atoms with Crippen molar-refractivity contribution in [2.75, 3.05) is 19.6 Å². The van der Waals surface area contributed by atoms with Gasteiger partial charge < -0.3 is 9.88 Å². The van der Waals surface area contributed by atoms with Crippen molar-refractivity contribution in [2.24, 2.45) is 0 Å². The number of fused-ring (bicyclic) bond motifs is 1. The normalized spacial score (nSPS) is 18.6. The summed E-state index contributed by atoms with van der Waals surface area (Å²) in [4.78, 5) is 0. The summed E-state index contributed by atoms with van der Waals surface area (Å²) in [5, 5.41) is 10.4. The van der Waals surface area contributed by atoms with Crippen LogP contribution in [0, 0.1) is 0 Å². The molecule has 1 aromatic rings. The van der Waals surface area contributed by atoms with Crippen molar-refractivity contribution in [3.05, 3.63) is 12.2 Å². The first kappa shape index (κ1) is 13.4. The first-order valence-corrected chi connectivity index (χ1v) is 7.62. The monoisotopic (exact) mass is 273 g/mol. The zero-order valence-electron chi connectivity index (χ0n) is 10.7. The number of sulfonamides is 1. The summed E-state index contributed by atoms with van der Waals surface area (Å²) >= 11 is 0. The Balaban J connectivity index is 2.08. The Morgan fingerprint density at radius 3 is 3.00 bits per heavy atom. The van der Waals surface area contributed by atoms with Gasteiger partial charge in [0.2, 0.25) is 10.0 Å². The Morgan fingerprint density at radius 1 is 1.50 bits per heavy atom. The highest BCUT2D eigenvalue weighted by molar-refractivity contribution is 7.89. The molecule has 0 aliphatic carbocycles. The molecule has 0 saturated heterocycles. The molecular weight excluding hydrogens is 254 g/mol. The fraction of sp³-hybridized carbons (Fsp3) is 0.800. The second-order valence-electron chi connectivity index (χ2n) is 4.44. The van der Waals surface area contributed by atoms with E-state index in [0.29, 0.717) is 32.0 Å². The molecule has 0 radical (unpaired) electrons. The highest BCUT2D eigenvalue weighted by Gasteiger charge is 2.31. The third-order valence-corrected chi connectivity index (χ3v) is 5.37. The van der Waals surface area contributed by atoms with Gasteiger partial charge in [-0.1, -0.05) is 6.92 Å². The lowest BCUT2D eigenvalue weighted by atomic mass is 10.4. The van der Waals surface area contributed by atoms with Crippen LogP contribution in [0.2, 0.25) is 0 Å². The number of nitrogens with one attached hydrogen (secondary N) is 1. The van der Waals surface area contributed by atoms with Gasteiger partial charge in [0.25, 0.3) is 0 Å². The number of rotatable bonds is 5. The first-order valence-electron chi connectivity index (χ1n) is 6.12. The molecule has 7 nitrogen and oxygen atoms in total. The Morgan fingerprint density at radius 2 is 2.28 bits per heavy atom. The van der Waals surface area contributed by atoms with E-state index in [9.17, 15) is 8.42 Å². The van der Waals surface area contributed by atoms with Crippen molar-refractivity contribution < 1.29 is 8.42 Å². The standard InChI is InChI=1S/C10H19N5O2S/c1-3-11-6-9(2)18(16,17)15-5-4-14-8-12-13-10(14)7-15/h8-9,11H,3-7H2,1-2H3. The minimum Gasteiger partial charge on any atom is -0.316 e. The lowest BCUT2D eigenvalue weighted by molar-refractivity contribution is 0.331. The van der Waals surface area contributed by atoms with Crippen molar-refractivity contribution in [1.82, 2.24) is 24.4 Å². The van der Waals surface area contributed by atoms with Gasteiger partial charge in [-0.2, -0.15) is 4.31 Å². The van der Waals surface area contributed by atoms with Crippen molar-refractivity contribution in [3.63, 3.8) is 0 Å². The second-order valence-corrected chi connectivity index (χ2v) is 6.79. The predicted molar refractivity (Wildman–Crippen MR) is 67.4 cm³/mol. The average Bonchev–Trinajstić information content (AvgIpc) is 2.82. The quantitative estimate of drug-likeness (QED) is 0.776. The van der Waals surface area contributed by atoms with E-state index in [1.807, 2.05) is 11.5 Å². The highest BCUT2D eigenvalue weighted by Crippen LogP contribution is 2.16. The van der Waals surface area contributed by atoms with Crippen molar-refractivity contribution in [1.29, 1.82) is 0 Å². The zero-order valence-corrected chi connectivity index (χ0v) is 11.5. The molecule has 1 atom stereocenters. The van der Waals surface area contributed by atoms with Gasteiger partial charge in [0, 0.05) is 19.6 Å². The number of aromatic nitrogens is 3. The fourth-order valence-electron chi connectivity index (χ4n) is 1.97. The van der Waals surface area contributed by atoms with Crippen LogP contribution in [0.25, 0.3) is 0 Å². The minimum atomic E-state index is -3.27. The summed E-state index contributed by atoms with van der Waals surface area (Å²) in [7, 11) is -3.27. The van der Waals surface area contributed by atoms with Crippen LogP contribution in [0.4, 0.5) is 0 Å². The molecule has 0 fully saturated rings. The van der Waals surface area contributed by atoms with Crippen LogP contribution < -0.4 is 5.32 Å². The Kier molecular flexibility index (Phi) is 3.98. The maximum absolute atomic E-state index is 12.4. The maximum Gasteiger partial charge on any atom is 0.218 e. The smallest absolute Gasteiger partial charge is 0.218 e.